The van der Waals surface area contributed by atoms with Gasteiger partial charge in [0.25, 0.3) is 6.43 Å². The summed E-state index contributed by atoms with van der Waals surface area (Å²) in [5, 5.41) is 10.5. The zero-order valence-electron chi connectivity index (χ0n) is 7.28. The van der Waals surface area contributed by atoms with Gasteiger partial charge in [-0.3, -0.25) is 0 Å². The van der Waals surface area contributed by atoms with Crippen LogP contribution in [0.15, 0.2) is 10.7 Å². The molecule has 0 radical (unpaired) electrons. The third kappa shape index (κ3) is 2.26. The van der Waals surface area contributed by atoms with Crippen molar-refractivity contribution in [2.75, 3.05) is 0 Å². The molecule has 82 valence electrons. The lowest BCUT2D eigenvalue weighted by Crippen LogP contribution is -2.08. The van der Waals surface area contributed by atoms with E-state index in [4.69, 9.17) is 5.73 Å². The molecule has 0 amide bonds. The van der Waals surface area contributed by atoms with E-state index in [0.29, 0.717) is 0 Å². The molecule has 0 aliphatic heterocycles. The average Bonchev–Trinajstić information content (AvgIpc) is 2.16. The Morgan fingerprint density at radius 2 is 2.27 bits per heavy atom. The first kappa shape index (κ1) is 11.9. The number of aromatic nitrogens is 1. The van der Waals surface area contributed by atoms with E-state index in [1.807, 2.05) is 0 Å². The second-order valence-electron chi connectivity index (χ2n) is 2.58. The predicted octanol–water partition coefficient (Wildman–Crippen LogP) is 2.15. The van der Waals surface area contributed by atoms with E-state index < -0.39 is 22.7 Å². The third-order valence-electron chi connectivity index (χ3n) is 1.75. The van der Waals surface area contributed by atoms with Gasteiger partial charge in [-0.2, -0.15) is 0 Å². The molecule has 0 aliphatic rings. The molecule has 0 saturated carbocycles. The van der Waals surface area contributed by atoms with Crippen molar-refractivity contribution in [1.29, 1.82) is 0 Å². The number of hydrogen-bond donors (Lipinski definition) is 1. The van der Waals surface area contributed by atoms with Gasteiger partial charge in [0.2, 0.25) is 0 Å². The quantitative estimate of drug-likeness (QED) is 0.680. The molecule has 8 heteroatoms. The van der Waals surface area contributed by atoms with Gasteiger partial charge in [-0.05, 0) is 25.8 Å². The number of nitrogens with two attached hydrogens (primary N) is 1. The highest BCUT2D eigenvalue weighted by atomic mass is 79.9. The standard InChI is InChI=1S/C7H6BrF2N3O2/c8-4-2-12-7(13(14)15)5(6(9)10)3(4)1-11/h2,6H,1,11H2. The van der Waals surface area contributed by atoms with Gasteiger partial charge in [-0.1, -0.05) is 0 Å². The Labute approximate surface area is 91.6 Å². The van der Waals surface area contributed by atoms with E-state index in [9.17, 15) is 18.9 Å². The number of nitro groups is 1. The summed E-state index contributed by atoms with van der Waals surface area (Å²) < 4.78 is 25.4. The second kappa shape index (κ2) is 4.58. The van der Waals surface area contributed by atoms with Crippen molar-refractivity contribution in [3.63, 3.8) is 0 Å². The lowest BCUT2D eigenvalue weighted by Gasteiger charge is -2.07. The molecule has 1 aromatic rings. The Morgan fingerprint density at radius 1 is 1.67 bits per heavy atom. The number of nitrogens with zero attached hydrogens (tertiary/aromatic N) is 2. The maximum absolute atomic E-state index is 12.6. The zero-order valence-corrected chi connectivity index (χ0v) is 8.87. The van der Waals surface area contributed by atoms with Crippen LogP contribution in [0.5, 0.6) is 0 Å². The van der Waals surface area contributed by atoms with E-state index in [2.05, 4.69) is 20.9 Å². The van der Waals surface area contributed by atoms with Crippen LogP contribution in [-0.4, -0.2) is 9.91 Å². The molecule has 0 fully saturated rings. The van der Waals surface area contributed by atoms with Crippen LogP contribution < -0.4 is 5.73 Å². The lowest BCUT2D eigenvalue weighted by molar-refractivity contribution is -0.391. The van der Waals surface area contributed by atoms with Crippen LogP contribution in [0, 0.1) is 10.1 Å². The van der Waals surface area contributed by atoms with E-state index in [-0.39, 0.29) is 16.6 Å². The van der Waals surface area contributed by atoms with Crippen LogP contribution in [0.3, 0.4) is 0 Å². The van der Waals surface area contributed by atoms with E-state index in [1.54, 1.807) is 0 Å². The van der Waals surface area contributed by atoms with Gasteiger partial charge >= 0.3 is 5.82 Å². The fraction of sp³-hybridized carbons (Fsp3) is 0.286. The molecular formula is C7H6BrF2N3O2. The fourth-order valence-electron chi connectivity index (χ4n) is 1.11. The molecule has 0 unspecified atom stereocenters. The molecule has 2 N–H and O–H groups in total. The van der Waals surface area contributed by atoms with Gasteiger partial charge in [0.15, 0.2) is 6.20 Å². The van der Waals surface area contributed by atoms with Crippen molar-refractivity contribution in [3.8, 4) is 0 Å². The van der Waals surface area contributed by atoms with Gasteiger partial charge in [0, 0.05) is 12.1 Å². The van der Waals surface area contributed by atoms with Crippen LogP contribution in [0.1, 0.15) is 17.6 Å². The maximum Gasteiger partial charge on any atom is 0.372 e. The van der Waals surface area contributed by atoms with E-state index in [0.717, 1.165) is 6.20 Å². The highest BCUT2D eigenvalue weighted by Crippen LogP contribution is 2.33. The highest BCUT2D eigenvalue weighted by molar-refractivity contribution is 9.10. The Balaban J connectivity index is 3.49. The highest BCUT2D eigenvalue weighted by Gasteiger charge is 2.28. The Hall–Kier alpha value is -1.15. The molecule has 1 rings (SSSR count). The van der Waals surface area contributed by atoms with Crippen LogP contribution >= 0.6 is 15.9 Å². The minimum Gasteiger partial charge on any atom is -0.358 e. The van der Waals surface area contributed by atoms with Crippen molar-refractivity contribution in [2.45, 2.75) is 13.0 Å². The molecular weight excluding hydrogens is 276 g/mol. The molecule has 5 nitrogen and oxygen atoms in total. The largest absolute Gasteiger partial charge is 0.372 e. The van der Waals surface area contributed by atoms with Crippen molar-refractivity contribution >= 4 is 21.7 Å². The zero-order chi connectivity index (χ0) is 11.6. The maximum atomic E-state index is 12.6. The second-order valence-corrected chi connectivity index (χ2v) is 3.44. The molecule has 0 atom stereocenters. The molecule has 1 aromatic heterocycles. The normalized spacial score (nSPS) is 10.7. The topological polar surface area (TPSA) is 82.0 Å². The van der Waals surface area contributed by atoms with Gasteiger partial charge in [-0.25, -0.2) is 8.78 Å². The van der Waals surface area contributed by atoms with Crippen molar-refractivity contribution < 1.29 is 13.7 Å². The lowest BCUT2D eigenvalue weighted by atomic mass is 10.1. The summed E-state index contributed by atoms with van der Waals surface area (Å²) in [5.41, 5.74) is 4.53. The Morgan fingerprint density at radius 3 is 2.67 bits per heavy atom. The molecule has 15 heavy (non-hydrogen) atoms. The van der Waals surface area contributed by atoms with Gasteiger partial charge < -0.3 is 15.8 Å². The summed E-state index contributed by atoms with van der Waals surface area (Å²) in [5.74, 6) is -0.853. The summed E-state index contributed by atoms with van der Waals surface area (Å²) >= 11 is 2.96. The molecule has 0 aromatic carbocycles. The van der Waals surface area contributed by atoms with Crippen LogP contribution in [0.2, 0.25) is 0 Å². The summed E-state index contributed by atoms with van der Waals surface area (Å²) in [6, 6.07) is 0. The Bertz CT molecular complexity index is 400. The van der Waals surface area contributed by atoms with Gasteiger partial charge in [0.1, 0.15) is 5.56 Å². The minimum absolute atomic E-state index is 0.00620. The fourth-order valence-corrected chi connectivity index (χ4v) is 1.59. The van der Waals surface area contributed by atoms with E-state index in [1.165, 1.54) is 0 Å². The predicted molar refractivity (Wildman–Crippen MR) is 51.4 cm³/mol. The molecule has 0 spiro atoms. The first-order valence-electron chi connectivity index (χ1n) is 3.79. The van der Waals surface area contributed by atoms with Crippen molar-refractivity contribution in [1.82, 2.24) is 4.98 Å². The first-order chi connectivity index (χ1) is 6.99. The van der Waals surface area contributed by atoms with Crippen LogP contribution in [-0.2, 0) is 6.54 Å². The van der Waals surface area contributed by atoms with Crippen molar-refractivity contribution in [2.24, 2.45) is 5.73 Å². The number of halogens is 3. The summed E-state index contributed by atoms with van der Waals surface area (Å²) in [6.45, 7) is -0.219. The summed E-state index contributed by atoms with van der Waals surface area (Å²) in [6.07, 6.45) is -1.89. The number of rotatable bonds is 3. The molecule has 1 heterocycles. The van der Waals surface area contributed by atoms with Crippen LogP contribution in [0.4, 0.5) is 14.6 Å². The Kier molecular flexibility index (Phi) is 3.64. The first-order valence-corrected chi connectivity index (χ1v) is 4.58. The van der Waals surface area contributed by atoms with E-state index >= 15 is 0 Å². The smallest absolute Gasteiger partial charge is 0.358 e. The summed E-state index contributed by atoms with van der Waals surface area (Å²) in [7, 11) is 0. The third-order valence-corrected chi connectivity index (χ3v) is 2.43. The van der Waals surface area contributed by atoms with Crippen LogP contribution in [0.25, 0.3) is 0 Å². The average molecular weight is 282 g/mol. The van der Waals surface area contributed by atoms with Gasteiger partial charge in [-0.15, -0.1) is 0 Å². The molecule has 0 bridgehead atoms. The molecule has 0 aliphatic carbocycles. The minimum atomic E-state index is -2.98. The summed E-state index contributed by atoms with van der Waals surface area (Å²) in [4.78, 5) is 12.8. The van der Waals surface area contributed by atoms with Gasteiger partial charge in [0.05, 0.1) is 4.47 Å². The number of hydrogen-bond acceptors (Lipinski definition) is 4. The van der Waals surface area contributed by atoms with Crippen molar-refractivity contribution in [3.05, 3.63) is 31.9 Å². The number of pyridine rings is 1. The molecule has 0 saturated heterocycles. The number of alkyl halides is 2. The SMILES string of the molecule is NCc1c(Br)cnc([N+](=O)[O-])c1C(F)F. The monoisotopic (exact) mass is 281 g/mol.